The number of rotatable bonds is 11. The zero-order valence-electron chi connectivity index (χ0n) is 23.9. The lowest BCUT2D eigenvalue weighted by molar-refractivity contribution is -0.131. The average Bonchev–Trinajstić information content (AvgIpc) is 3.27. The number of sulfonamides is 1. The lowest BCUT2D eigenvalue weighted by Crippen LogP contribution is -2.44. The van der Waals surface area contributed by atoms with Crippen molar-refractivity contribution in [2.24, 2.45) is 0 Å². The van der Waals surface area contributed by atoms with Crippen molar-refractivity contribution in [3.63, 3.8) is 0 Å². The first-order valence-electron chi connectivity index (χ1n) is 13.5. The van der Waals surface area contributed by atoms with Crippen molar-refractivity contribution in [3.05, 3.63) is 54.6 Å². The van der Waals surface area contributed by atoms with Crippen molar-refractivity contribution in [2.45, 2.75) is 24.7 Å². The third-order valence-electron chi connectivity index (χ3n) is 6.99. The molecule has 0 N–H and O–H groups in total. The molecule has 0 aliphatic carbocycles. The van der Waals surface area contributed by atoms with Crippen LogP contribution in [0.5, 0.6) is 17.2 Å². The van der Waals surface area contributed by atoms with E-state index >= 15 is 0 Å². The van der Waals surface area contributed by atoms with Gasteiger partial charge in [-0.05, 0) is 61.4 Å². The van der Waals surface area contributed by atoms with Gasteiger partial charge in [0.15, 0.2) is 5.82 Å². The molecule has 2 heterocycles. The molecule has 3 aromatic rings. The maximum absolute atomic E-state index is 13.3. The van der Waals surface area contributed by atoms with Gasteiger partial charge in [0, 0.05) is 44.4 Å². The zero-order valence-corrected chi connectivity index (χ0v) is 24.8. The predicted molar refractivity (Wildman–Crippen MR) is 156 cm³/mol. The van der Waals surface area contributed by atoms with E-state index in [1.807, 2.05) is 31.2 Å². The fourth-order valence-corrected chi connectivity index (χ4v) is 6.21. The molecule has 1 fully saturated rings. The topological polar surface area (TPSA) is 114 Å². The van der Waals surface area contributed by atoms with Gasteiger partial charge in [0.05, 0.1) is 38.5 Å². The number of anilines is 1. The van der Waals surface area contributed by atoms with Crippen molar-refractivity contribution in [1.29, 1.82) is 0 Å². The number of nitrogens with zero attached hydrogens (tertiary/aromatic N) is 5. The van der Waals surface area contributed by atoms with Gasteiger partial charge in [-0.2, -0.15) is 4.31 Å². The highest BCUT2D eigenvalue weighted by molar-refractivity contribution is 7.89. The van der Waals surface area contributed by atoms with E-state index in [0.29, 0.717) is 61.4 Å². The summed E-state index contributed by atoms with van der Waals surface area (Å²) in [5.41, 5.74) is 1.48. The summed E-state index contributed by atoms with van der Waals surface area (Å²) in [6.45, 7) is 4.18. The Morgan fingerprint density at radius 3 is 2.24 bits per heavy atom. The summed E-state index contributed by atoms with van der Waals surface area (Å²) in [6, 6.07) is 15.5. The Bertz CT molecular complexity index is 1420. The van der Waals surface area contributed by atoms with E-state index in [2.05, 4.69) is 15.1 Å². The molecule has 12 heteroatoms. The Morgan fingerprint density at radius 2 is 1.61 bits per heavy atom. The minimum absolute atomic E-state index is 0.135. The first-order valence-corrected chi connectivity index (χ1v) is 15.0. The van der Waals surface area contributed by atoms with Crippen LogP contribution in [-0.4, -0.2) is 94.3 Å². The molecule has 11 nitrogen and oxygen atoms in total. The van der Waals surface area contributed by atoms with Gasteiger partial charge >= 0.3 is 0 Å². The van der Waals surface area contributed by atoms with E-state index < -0.39 is 10.0 Å². The van der Waals surface area contributed by atoms with Gasteiger partial charge in [-0.25, -0.2) is 8.42 Å². The molecular weight excluding hydrogens is 546 g/mol. The second-order valence-corrected chi connectivity index (χ2v) is 11.5. The van der Waals surface area contributed by atoms with Crippen LogP contribution >= 0.6 is 0 Å². The molecule has 1 aliphatic heterocycles. The maximum Gasteiger partial charge on any atom is 0.243 e. The zero-order chi connectivity index (χ0) is 29.4. The number of hydrogen-bond acceptors (Lipinski definition) is 9. The van der Waals surface area contributed by atoms with Gasteiger partial charge in [-0.3, -0.25) is 4.79 Å². The standard InChI is InChI=1S/C29H37N5O6S/c1-5-15-34(41(36,37)24-10-7-22(38-2)8-11-24)21-29(35)33-17-6-16-32(18-19-33)28-14-13-26(30-31-28)25-12-9-23(39-3)20-27(25)40-4/h7-14,20H,5-6,15-19,21H2,1-4H3. The van der Waals surface area contributed by atoms with Crippen LogP contribution in [0.15, 0.2) is 59.5 Å². The fraction of sp³-hybridized carbons (Fsp3) is 0.414. The SMILES string of the molecule is CCCN(CC(=O)N1CCCN(c2ccc(-c3ccc(OC)cc3OC)nn2)CC1)S(=O)(=O)c1ccc(OC)cc1. The summed E-state index contributed by atoms with van der Waals surface area (Å²) < 4.78 is 43.8. The molecule has 220 valence electrons. The van der Waals surface area contributed by atoms with Crippen molar-refractivity contribution in [2.75, 3.05) is 65.5 Å². The highest BCUT2D eigenvalue weighted by atomic mass is 32.2. The van der Waals surface area contributed by atoms with Crippen LogP contribution in [0.2, 0.25) is 0 Å². The largest absolute Gasteiger partial charge is 0.497 e. The third-order valence-corrected chi connectivity index (χ3v) is 8.85. The summed E-state index contributed by atoms with van der Waals surface area (Å²) in [7, 11) is 0.887. The third kappa shape index (κ3) is 7.06. The molecule has 1 aromatic heterocycles. The van der Waals surface area contributed by atoms with Gasteiger partial charge < -0.3 is 24.0 Å². The molecule has 2 aromatic carbocycles. The van der Waals surface area contributed by atoms with Crippen molar-refractivity contribution < 1.29 is 27.4 Å². The monoisotopic (exact) mass is 583 g/mol. The normalized spacial score (nSPS) is 14.1. The van der Waals surface area contributed by atoms with E-state index in [1.165, 1.54) is 23.5 Å². The van der Waals surface area contributed by atoms with Crippen molar-refractivity contribution in [3.8, 4) is 28.5 Å². The molecule has 0 atom stereocenters. The first-order chi connectivity index (χ1) is 19.8. The number of carbonyl (C=O) groups excluding carboxylic acids is 1. The highest BCUT2D eigenvalue weighted by Crippen LogP contribution is 2.32. The number of methoxy groups -OCH3 is 3. The number of carbonyl (C=O) groups is 1. The highest BCUT2D eigenvalue weighted by Gasteiger charge is 2.29. The van der Waals surface area contributed by atoms with Crippen LogP contribution in [0.3, 0.4) is 0 Å². The van der Waals surface area contributed by atoms with Gasteiger partial charge in [0.25, 0.3) is 0 Å². The Kier molecular flexibility index (Phi) is 10.0. The molecule has 1 amide bonds. The van der Waals surface area contributed by atoms with Gasteiger partial charge in [-0.15, -0.1) is 10.2 Å². The molecule has 0 unspecified atom stereocenters. The number of amides is 1. The molecule has 41 heavy (non-hydrogen) atoms. The molecule has 0 saturated carbocycles. The van der Waals surface area contributed by atoms with E-state index in [4.69, 9.17) is 14.2 Å². The number of ether oxygens (including phenoxy) is 3. The molecule has 0 bridgehead atoms. The summed E-state index contributed by atoms with van der Waals surface area (Å²) in [6.07, 6.45) is 1.31. The van der Waals surface area contributed by atoms with Crippen LogP contribution in [-0.2, 0) is 14.8 Å². The number of aromatic nitrogens is 2. The molecule has 0 radical (unpaired) electrons. The van der Waals surface area contributed by atoms with Crippen molar-refractivity contribution >= 4 is 21.7 Å². The first kappa shape index (κ1) is 30.1. The molecular formula is C29H37N5O6S. The van der Waals surface area contributed by atoms with Crippen LogP contribution in [0.25, 0.3) is 11.3 Å². The quantitative estimate of drug-likeness (QED) is 0.335. The second-order valence-electron chi connectivity index (χ2n) is 9.58. The smallest absolute Gasteiger partial charge is 0.243 e. The Morgan fingerprint density at radius 1 is 0.878 bits per heavy atom. The van der Waals surface area contributed by atoms with Crippen LogP contribution < -0.4 is 19.1 Å². The number of hydrogen-bond donors (Lipinski definition) is 0. The van der Waals surface area contributed by atoms with Gasteiger partial charge in [-0.1, -0.05) is 6.92 Å². The second kappa shape index (κ2) is 13.6. The summed E-state index contributed by atoms with van der Waals surface area (Å²) in [5.74, 6) is 2.39. The molecule has 1 aliphatic rings. The Labute approximate surface area is 241 Å². The summed E-state index contributed by atoms with van der Waals surface area (Å²) in [4.78, 5) is 17.3. The van der Waals surface area contributed by atoms with Crippen LogP contribution in [0.4, 0.5) is 5.82 Å². The lowest BCUT2D eigenvalue weighted by Gasteiger charge is -2.26. The van der Waals surface area contributed by atoms with Gasteiger partial charge in [0.2, 0.25) is 15.9 Å². The van der Waals surface area contributed by atoms with E-state index in [9.17, 15) is 13.2 Å². The van der Waals surface area contributed by atoms with E-state index in [1.54, 1.807) is 37.3 Å². The molecule has 0 spiro atoms. The molecule has 1 saturated heterocycles. The number of benzene rings is 2. The van der Waals surface area contributed by atoms with E-state index in [-0.39, 0.29) is 23.9 Å². The van der Waals surface area contributed by atoms with Gasteiger partial charge in [0.1, 0.15) is 17.2 Å². The molecule has 4 rings (SSSR count). The maximum atomic E-state index is 13.3. The van der Waals surface area contributed by atoms with Crippen LogP contribution in [0, 0.1) is 0 Å². The lowest BCUT2D eigenvalue weighted by atomic mass is 10.1. The Hall–Kier alpha value is -3.90. The van der Waals surface area contributed by atoms with E-state index in [0.717, 1.165) is 12.0 Å². The fourth-order valence-electron chi connectivity index (χ4n) is 4.72. The Balaban J connectivity index is 1.41. The van der Waals surface area contributed by atoms with Crippen molar-refractivity contribution in [1.82, 2.24) is 19.4 Å². The summed E-state index contributed by atoms with van der Waals surface area (Å²) >= 11 is 0. The summed E-state index contributed by atoms with van der Waals surface area (Å²) in [5, 5.41) is 8.87. The average molecular weight is 584 g/mol. The minimum atomic E-state index is -3.84. The predicted octanol–water partition coefficient (Wildman–Crippen LogP) is 3.31. The minimum Gasteiger partial charge on any atom is -0.497 e. The van der Waals surface area contributed by atoms with Crippen LogP contribution in [0.1, 0.15) is 19.8 Å².